The first kappa shape index (κ1) is 27.4. The quantitative estimate of drug-likeness (QED) is 0.176. The molecule has 2 nitrogen and oxygen atoms in total. The molecule has 0 saturated carbocycles. The van der Waals surface area contributed by atoms with Gasteiger partial charge in [0.1, 0.15) is 10.0 Å². The number of nitrogens with zero attached hydrogens (tertiary/aromatic N) is 2. The molecule has 0 aliphatic heterocycles. The smallest absolute Gasteiger partial charge is 0.101 e. The normalized spacial score (nSPS) is 11.8. The summed E-state index contributed by atoms with van der Waals surface area (Å²) in [6, 6.07) is 61.7. The standard InChI is InChI=1S/C44H28N2S2/c1-3-11-29(12-4-1)31-19-21-39-35(27-31)33-15-7-9-17-37(33)45(39)43-25-23-41(47-43)42-24-26-44(48-42)46-38-18-10-8-16-34(38)36-28-32(20-22-40(36)46)30-13-5-2-6-14-30/h1-28H. The highest BCUT2D eigenvalue weighted by Gasteiger charge is 2.18. The Balaban J connectivity index is 1.07. The number of fused-ring (bicyclic) bond motifs is 6. The lowest BCUT2D eigenvalue weighted by molar-refractivity contribution is 1.22. The Kier molecular flexibility index (Phi) is 6.26. The molecule has 0 amide bonds. The van der Waals surface area contributed by atoms with Crippen molar-refractivity contribution in [3.63, 3.8) is 0 Å². The van der Waals surface area contributed by atoms with Crippen LogP contribution < -0.4 is 0 Å². The van der Waals surface area contributed by atoms with Crippen LogP contribution in [0.5, 0.6) is 0 Å². The number of rotatable bonds is 5. The molecule has 0 fully saturated rings. The van der Waals surface area contributed by atoms with Crippen molar-refractivity contribution in [1.29, 1.82) is 0 Å². The van der Waals surface area contributed by atoms with E-state index in [-0.39, 0.29) is 0 Å². The average molecular weight is 649 g/mol. The molecule has 10 rings (SSSR count). The molecule has 0 spiro atoms. The van der Waals surface area contributed by atoms with E-state index in [2.05, 4.69) is 179 Å². The minimum Gasteiger partial charge on any atom is -0.301 e. The Morgan fingerprint density at radius 2 is 0.688 bits per heavy atom. The maximum Gasteiger partial charge on any atom is 0.101 e. The van der Waals surface area contributed by atoms with E-state index in [0.717, 1.165) is 0 Å². The van der Waals surface area contributed by atoms with Gasteiger partial charge in [-0.1, -0.05) is 109 Å². The summed E-state index contributed by atoms with van der Waals surface area (Å²) in [4.78, 5) is 2.56. The lowest BCUT2D eigenvalue weighted by Crippen LogP contribution is -1.89. The molecule has 226 valence electrons. The molecule has 0 unspecified atom stereocenters. The molecule has 0 saturated heterocycles. The maximum absolute atomic E-state index is 2.43. The second-order valence-corrected chi connectivity index (χ2v) is 14.3. The molecule has 0 radical (unpaired) electrons. The minimum absolute atomic E-state index is 1.23. The second-order valence-electron chi connectivity index (χ2n) is 12.2. The van der Waals surface area contributed by atoms with Gasteiger partial charge in [-0.15, -0.1) is 22.7 Å². The molecule has 6 aromatic carbocycles. The van der Waals surface area contributed by atoms with Gasteiger partial charge in [0.2, 0.25) is 0 Å². The Bertz CT molecular complexity index is 2580. The number of hydrogen-bond donors (Lipinski definition) is 0. The van der Waals surface area contributed by atoms with Crippen LogP contribution in [-0.4, -0.2) is 9.13 Å². The van der Waals surface area contributed by atoms with Crippen molar-refractivity contribution in [3.8, 4) is 42.0 Å². The highest BCUT2D eigenvalue weighted by atomic mass is 32.1. The van der Waals surface area contributed by atoms with E-state index in [4.69, 9.17) is 0 Å². The summed E-state index contributed by atoms with van der Waals surface area (Å²) in [7, 11) is 0. The summed E-state index contributed by atoms with van der Waals surface area (Å²) in [5.74, 6) is 0. The van der Waals surface area contributed by atoms with Gasteiger partial charge in [-0.25, -0.2) is 0 Å². The fraction of sp³-hybridized carbons (Fsp3) is 0. The van der Waals surface area contributed by atoms with Crippen LogP contribution in [0.25, 0.3) is 85.6 Å². The largest absolute Gasteiger partial charge is 0.301 e. The molecule has 4 heteroatoms. The van der Waals surface area contributed by atoms with Gasteiger partial charge in [-0.2, -0.15) is 0 Å². The van der Waals surface area contributed by atoms with Crippen molar-refractivity contribution >= 4 is 66.3 Å². The van der Waals surface area contributed by atoms with Crippen molar-refractivity contribution < 1.29 is 0 Å². The molecular formula is C44H28N2S2. The fourth-order valence-corrected chi connectivity index (χ4v) is 9.36. The third kappa shape index (κ3) is 4.31. The number of thiophene rings is 2. The van der Waals surface area contributed by atoms with Crippen molar-refractivity contribution in [2.45, 2.75) is 0 Å². The summed E-state index contributed by atoms with van der Waals surface area (Å²) in [5.41, 5.74) is 9.89. The molecule has 10 aromatic rings. The molecule has 0 N–H and O–H groups in total. The highest BCUT2D eigenvalue weighted by Crippen LogP contribution is 2.42. The average Bonchev–Trinajstić information content (AvgIpc) is 3.95. The molecule has 0 atom stereocenters. The highest BCUT2D eigenvalue weighted by molar-refractivity contribution is 7.24. The first-order valence-electron chi connectivity index (χ1n) is 16.2. The second kappa shape index (κ2) is 11.0. The molecular weight excluding hydrogens is 621 g/mol. The van der Waals surface area contributed by atoms with Crippen LogP contribution in [0.1, 0.15) is 0 Å². The van der Waals surface area contributed by atoms with E-state index in [9.17, 15) is 0 Å². The lowest BCUT2D eigenvalue weighted by atomic mass is 10.0. The summed E-state index contributed by atoms with van der Waals surface area (Å²) < 4.78 is 4.86. The van der Waals surface area contributed by atoms with Crippen LogP contribution in [0.4, 0.5) is 0 Å². The zero-order chi connectivity index (χ0) is 31.6. The number of benzene rings is 6. The predicted molar refractivity (Wildman–Crippen MR) is 207 cm³/mol. The van der Waals surface area contributed by atoms with Gasteiger partial charge in [0, 0.05) is 31.3 Å². The van der Waals surface area contributed by atoms with Gasteiger partial charge < -0.3 is 9.13 Å². The first-order valence-corrected chi connectivity index (χ1v) is 17.8. The molecule has 4 heterocycles. The van der Waals surface area contributed by atoms with E-state index in [1.54, 1.807) is 0 Å². The molecule has 0 bridgehead atoms. The van der Waals surface area contributed by atoms with Crippen LogP contribution in [0.3, 0.4) is 0 Å². The fourth-order valence-electron chi connectivity index (χ4n) is 7.20. The van der Waals surface area contributed by atoms with Crippen molar-refractivity contribution in [2.24, 2.45) is 0 Å². The molecule has 0 aliphatic rings. The molecule has 4 aromatic heterocycles. The Morgan fingerprint density at radius 3 is 1.15 bits per heavy atom. The van der Waals surface area contributed by atoms with Crippen LogP contribution in [-0.2, 0) is 0 Å². The number of para-hydroxylation sites is 2. The summed E-state index contributed by atoms with van der Waals surface area (Å²) in [5, 5.41) is 7.57. The van der Waals surface area contributed by atoms with Gasteiger partial charge >= 0.3 is 0 Å². The van der Waals surface area contributed by atoms with Crippen molar-refractivity contribution in [3.05, 3.63) is 170 Å². The Morgan fingerprint density at radius 1 is 0.292 bits per heavy atom. The van der Waals surface area contributed by atoms with E-state index in [1.807, 2.05) is 22.7 Å². The minimum atomic E-state index is 1.23. The summed E-state index contributed by atoms with van der Waals surface area (Å²) in [6.07, 6.45) is 0. The Labute approximate surface area is 286 Å². The van der Waals surface area contributed by atoms with Gasteiger partial charge in [0.25, 0.3) is 0 Å². The van der Waals surface area contributed by atoms with Crippen LogP contribution >= 0.6 is 22.7 Å². The van der Waals surface area contributed by atoms with Gasteiger partial charge in [0.05, 0.1) is 22.1 Å². The van der Waals surface area contributed by atoms with Gasteiger partial charge in [0.15, 0.2) is 0 Å². The molecule has 0 aliphatic carbocycles. The number of aromatic nitrogens is 2. The third-order valence-electron chi connectivity index (χ3n) is 9.43. The van der Waals surface area contributed by atoms with E-state index in [1.165, 1.54) is 85.6 Å². The van der Waals surface area contributed by atoms with Crippen LogP contribution in [0.2, 0.25) is 0 Å². The lowest BCUT2D eigenvalue weighted by Gasteiger charge is -2.06. The van der Waals surface area contributed by atoms with Crippen molar-refractivity contribution in [1.82, 2.24) is 9.13 Å². The van der Waals surface area contributed by atoms with Crippen molar-refractivity contribution in [2.75, 3.05) is 0 Å². The van der Waals surface area contributed by atoms with Crippen LogP contribution in [0, 0.1) is 0 Å². The van der Waals surface area contributed by atoms with Gasteiger partial charge in [-0.3, -0.25) is 0 Å². The third-order valence-corrected chi connectivity index (χ3v) is 11.8. The van der Waals surface area contributed by atoms with Crippen LogP contribution in [0.15, 0.2) is 170 Å². The SMILES string of the molecule is c1ccc(-c2ccc3c(c2)c2ccccc2n3-c2ccc(-c3ccc(-n4c5ccccc5c5cc(-c6ccccc6)ccc54)s3)s2)cc1. The van der Waals surface area contributed by atoms with Gasteiger partial charge in [-0.05, 0) is 82.9 Å². The van der Waals surface area contributed by atoms with E-state index >= 15 is 0 Å². The topological polar surface area (TPSA) is 9.86 Å². The Hall–Kier alpha value is -5.68. The zero-order valence-corrected chi connectivity index (χ0v) is 27.5. The summed E-state index contributed by atoms with van der Waals surface area (Å²) >= 11 is 3.71. The predicted octanol–water partition coefficient (Wildman–Crippen LogP) is 13.0. The molecule has 48 heavy (non-hydrogen) atoms. The van der Waals surface area contributed by atoms with E-state index in [0.29, 0.717) is 0 Å². The first-order chi connectivity index (χ1) is 23.8. The monoisotopic (exact) mass is 648 g/mol. The van der Waals surface area contributed by atoms with E-state index < -0.39 is 0 Å². The zero-order valence-electron chi connectivity index (χ0n) is 25.9. The number of hydrogen-bond acceptors (Lipinski definition) is 2. The summed E-state index contributed by atoms with van der Waals surface area (Å²) in [6.45, 7) is 0. The maximum atomic E-state index is 2.43.